The minimum absolute atomic E-state index is 0.502. The Morgan fingerprint density at radius 2 is 1.92 bits per heavy atom. The Morgan fingerprint density at radius 3 is 2.48 bits per heavy atom. The lowest BCUT2D eigenvalue weighted by atomic mass is 9.98. The van der Waals surface area contributed by atoms with Crippen molar-refractivity contribution in [1.29, 1.82) is 0 Å². The van der Waals surface area contributed by atoms with Crippen molar-refractivity contribution in [1.82, 2.24) is 15.5 Å². The van der Waals surface area contributed by atoms with Crippen LogP contribution in [0.3, 0.4) is 0 Å². The van der Waals surface area contributed by atoms with Gasteiger partial charge >= 0.3 is 0 Å². The zero-order valence-electron chi connectivity index (χ0n) is 16.2. The highest BCUT2D eigenvalue weighted by molar-refractivity contribution is 5.79. The molecule has 25 heavy (non-hydrogen) atoms. The zero-order valence-corrected chi connectivity index (χ0v) is 16.2. The molecule has 2 N–H and O–H groups in total. The van der Waals surface area contributed by atoms with Gasteiger partial charge in [0, 0.05) is 32.7 Å². The monoisotopic (exact) mass is 346 g/mol. The first-order chi connectivity index (χ1) is 12.2. The van der Waals surface area contributed by atoms with E-state index in [0.29, 0.717) is 5.92 Å². The lowest BCUT2D eigenvalue weighted by Gasteiger charge is -2.21. The fourth-order valence-corrected chi connectivity index (χ4v) is 3.08. The average molecular weight is 347 g/mol. The van der Waals surface area contributed by atoms with Crippen molar-refractivity contribution in [2.24, 2.45) is 4.99 Å². The topological polar surface area (TPSA) is 48.9 Å². The molecule has 0 radical (unpaired) electrons. The largest absolute Gasteiger partial charge is 0.497 e. The number of hydrogen-bond donors (Lipinski definition) is 2. The summed E-state index contributed by atoms with van der Waals surface area (Å²) in [6, 6.07) is 9.17. The molecule has 0 aliphatic heterocycles. The first-order valence-corrected chi connectivity index (χ1v) is 9.50. The zero-order chi connectivity index (χ0) is 18.1. The SMILES string of the molecule is CCN(CCNC(=NC)NCCC(C)c1ccc(OC)cc1)C1CC1. The van der Waals surface area contributed by atoms with Crippen LogP contribution < -0.4 is 15.4 Å². The predicted octanol–water partition coefficient (Wildman–Crippen LogP) is 2.84. The van der Waals surface area contributed by atoms with Gasteiger partial charge in [0.25, 0.3) is 0 Å². The van der Waals surface area contributed by atoms with Gasteiger partial charge < -0.3 is 15.4 Å². The first-order valence-electron chi connectivity index (χ1n) is 9.50. The van der Waals surface area contributed by atoms with Crippen molar-refractivity contribution in [2.75, 3.05) is 40.3 Å². The average Bonchev–Trinajstić information content (AvgIpc) is 3.48. The standard InChI is InChI=1S/C20H34N4O/c1-5-24(18-8-9-18)15-14-23-20(21-3)22-13-12-16(2)17-6-10-19(25-4)11-7-17/h6-7,10-11,16,18H,5,8-9,12-15H2,1-4H3,(H2,21,22,23). The number of methoxy groups -OCH3 is 1. The molecule has 1 saturated carbocycles. The summed E-state index contributed by atoms with van der Waals surface area (Å²) in [5, 5.41) is 6.85. The predicted molar refractivity (Wildman–Crippen MR) is 106 cm³/mol. The number of nitrogens with one attached hydrogen (secondary N) is 2. The third kappa shape index (κ3) is 6.58. The van der Waals surface area contributed by atoms with E-state index in [1.165, 1.54) is 18.4 Å². The number of guanidine groups is 1. The van der Waals surface area contributed by atoms with Crippen LogP contribution >= 0.6 is 0 Å². The fraction of sp³-hybridized carbons (Fsp3) is 0.650. The molecule has 1 atom stereocenters. The van der Waals surface area contributed by atoms with Gasteiger partial charge in [-0.3, -0.25) is 9.89 Å². The molecular weight excluding hydrogens is 312 g/mol. The van der Waals surface area contributed by atoms with E-state index in [-0.39, 0.29) is 0 Å². The van der Waals surface area contributed by atoms with Crippen molar-refractivity contribution >= 4 is 5.96 Å². The molecule has 2 rings (SSSR count). The first kappa shape index (κ1) is 19.6. The molecule has 140 valence electrons. The molecule has 0 aromatic heterocycles. The molecule has 1 aliphatic rings. The van der Waals surface area contributed by atoms with E-state index >= 15 is 0 Å². The molecule has 0 saturated heterocycles. The molecule has 1 aromatic rings. The van der Waals surface area contributed by atoms with Crippen LogP contribution in [0.5, 0.6) is 5.75 Å². The summed E-state index contributed by atoms with van der Waals surface area (Å²) in [6.07, 6.45) is 3.80. The second kappa shape index (κ2) is 10.3. The molecule has 0 heterocycles. The highest BCUT2D eigenvalue weighted by atomic mass is 16.5. The number of aliphatic imine (C=N–C) groups is 1. The van der Waals surface area contributed by atoms with Gasteiger partial charge in [-0.2, -0.15) is 0 Å². The maximum Gasteiger partial charge on any atom is 0.191 e. The lowest BCUT2D eigenvalue weighted by Crippen LogP contribution is -2.42. The lowest BCUT2D eigenvalue weighted by molar-refractivity contribution is 0.282. The number of nitrogens with zero attached hydrogens (tertiary/aromatic N) is 2. The minimum atomic E-state index is 0.502. The normalized spacial score (nSPS) is 16.0. The van der Waals surface area contributed by atoms with Gasteiger partial charge in [-0.15, -0.1) is 0 Å². The highest BCUT2D eigenvalue weighted by Crippen LogP contribution is 2.25. The van der Waals surface area contributed by atoms with Crippen LogP contribution in [-0.4, -0.2) is 57.2 Å². The van der Waals surface area contributed by atoms with Crippen molar-refractivity contribution in [2.45, 2.75) is 45.1 Å². The van der Waals surface area contributed by atoms with Crippen LogP contribution in [0.4, 0.5) is 0 Å². The quantitative estimate of drug-likeness (QED) is 0.505. The van der Waals surface area contributed by atoms with Crippen LogP contribution in [0.15, 0.2) is 29.3 Å². The number of ether oxygens (including phenoxy) is 1. The third-order valence-corrected chi connectivity index (χ3v) is 4.94. The summed E-state index contributed by atoms with van der Waals surface area (Å²) in [5.41, 5.74) is 1.34. The molecule has 1 aromatic carbocycles. The third-order valence-electron chi connectivity index (χ3n) is 4.94. The summed E-state index contributed by atoms with van der Waals surface area (Å²) < 4.78 is 5.22. The summed E-state index contributed by atoms with van der Waals surface area (Å²) in [4.78, 5) is 6.87. The number of likely N-dealkylation sites (N-methyl/N-ethyl adjacent to an activating group) is 1. The van der Waals surface area contributed by atoms with Crippen molar-refractivity contribution < 1.29 is 4.74 Å². The molecule has 0 bridgehead atoms. The van der Waals surface area contributed by atoms with Crippen molar-refractivity contribution in [3.05, 3.63) is 29.8 Å². The van der Waals surface area contributed by atoms with Gasteiger partial charge in [0.05, 0.1) is 7.11 Å². The second-order valence-electron chi connectivity index (χ2n) is 6.75. The maximum absolute atomic E-state index is 5.22. The Hall–Kier alpha value is -1.75. The summed E-state index contributed by atoms with van der Waals surface area (Å²) in [6.45, 7) is 8.58. The Morgan fingerprint density at radius 1 is 1.24 bits per heavy atom. The van der Waals surface area contributed by atoms with Gasteiger partial charge in [0.1, 0.15) is 5.75 Å². The van der Waals surface area contributed by atoms with Gasteiger partial charge in [-0.05, 0) is 49.4 Å². The van der Waals surface area contributed by atoms with Gasteiger partial charge in [-0.1, -0.05) is 26.0 Å². The second-order valence-corrected chi connectivity index (χ2v) is 6.75. The molecule has 1 aliphatic carbocycles. The van der Waals surface area contributed by atoms with Crippen LogP contribution in [-0.2, 0) is 0 Å². The molecule has 1 fully saturated rings. The minimum Gasteiger partial charge on any atom is -0.497 e. The van der Waals surface area contributed by atoms with E-state index in [1.807, 2.05) is 19.2 Å². The molecule has 5 heteroatoms. The van der Waals surface area contributed by atoms with E-state index in [1.54, 1.807) is 7.11 Å². The molecular formula is C20H34N4O. The van der Waals surface area contributed by atoms with E-state index in [9.17, 15) is 0 Å². The van der Waals surface area contributed by atoms with Crippen molar-refractivity contribution in [3.8, 4) is 5.75 Å². The Labute approximate surface area is 152 Å². The number of rotatable bonds is 10. The van der Waals surface area contributed by atoms with Crippen molar-refractivity contribution in [3.63, 3.8) is 0 Å². The van der Waals surface area contributed by atoms with E-state index < -0.39 is 0 Å². The fourth-order valence-electron chi connectivity index (χ4n) is 3.08. The van der Waals surface area contributed by atoms with E-state index in [4.69, 9.17) is 4.74 Å². The summed E-state index contributed by atoms with van der Waals surface area (Å²) >= 11 is 0. The molecule has 5 nitrogen and oxygen atoms in total. The van der Waals surface area contributed by atoms with Gasteiger partial charge in [0.15, 0.2) is 5.96 Å². The van der Waals surface area contributed by atoms with E-state index in [0.717, 1.165) is 50.4 Å². The van der Waals surface area contributed by atoms with Gasteiger partial charge in [-0.25, -0.2) is 0 Å². The molecule has 0 amide bonds. The number of benzene rings is 1. The highest BCUT2D eigenvalue weighted by Gasteiger charge is 2.27. The molecule has 1 unspecified atom stereocenters. The van der Waals surface area contributed by atoms with Crippen LogP contribution in [0, 0.1) is 0 Å². The van der Waals surface area contributed by atoms with Crippen LogP contribution in [0.1, 0.15) is 44.6 Å². The number of hydrogen-bond acceptors (Lipinski definition) is 3. The Balaban J connectivity index is 1.65. The van der Waals surface area contributed by atoms with Gasteiger partial charge in [0.2, 0.25) is 0 Å². The summed E-state index contributed by atoms with van der Waals surface area (Å²) in [5.74, 6) is 2.31. The van der Waals surface area contributed by atoms with Crippen LogP contribution in [0.2, 0.25) is 0 Å². The smallest absolute Gasteiger partial charge is 0.191 e. The summed E-state index contributed by atoms with van der Waals surface area (Å²) in [7, 11) is 3.53. The Bertz CT molecular complexity index is 525. The van der Waals surface area contributed by atoms with E-state index in [2.05, 4.69) is 46.5 Å². The Kier molecular flexibility index (Phi) is 8.06. The maximum atomic E-state index is 5.22. The molecule has 0 spiro atoms. The van der Waals surface area contributed by atoms with Crippen LogP contribution in [0.25, 0.3) is 0 Å².